The second kappa shape index (κ2) is 5.38. The van der Waals surface area contributed by atoms with Gasteiger partial charge in [0, 0.05) is 12.1 Å². The second-order valence-corrected chi connectivity index (χ2v) is 6.03. The van der Waals surface area contributed by atoms with Crippen LogP contribution >= 0.6 is 0 Å². The van der Waals surface area contributed by atoms with Gasteiger partial charge in [0.1, 0.15) is 0 Å². The van der Waals surface area contributed by atoms with Gasteiger partial charge >= 0.3 is 5.97 Å². The summed E-state index contributed by atoms with van der Waals surface area (Å²) in [5, 5.41) is 9.16. The maximum Gasteiger partial charge on any atom is 0.305 e. The summed E-state index contributed by atoms with van der Waals surface area (Å²) in [5.41, 5.74) is -0.0420. The minimum Gasteiger partial charge on any atom is -0.481 e. The zero-order valence-electron chi connectivity index (χ0n) is 11.0. The van der Waals surface area contributed by atoms with E-state index in [1.165, 1.54) is 38.5 Å². The van der Waals surface area contributed by atoms with E-state index < -0.39 is 5.97 Å². The summed E-state index contributed by atoms with van der Waals surface area (Å²) in [6, 6.07) is 0. The van der Waals surface area contributed by atoms with Crippen LogP contribution in [0.5, 0.6) is 0 Å². The molecule has 17 heavy (non-hydrogen) atoms. The summed E-state index contributed by atoms with van der Waals surface area (Å²) in [5.74, 6) is 0.194. The zero-order valence-corrected chi connectivity index (χ0v) is 11.0. The van der Waals surface area contributed by atoms with E-state index in [4.69, 9.17) is 5.11 Å². The van der Waals surface area contributed by atoms with Crippen LogP contribution < -0.4 is 0 Å². The van der Waals surface area contributed by atoms with Crippen molar-refractivity contribution >= 4 is 5.97 Å². The van der Waals surface area contributed by atoms with Crippen LogP contribution in [0.25, 0.3) is 0 Å². The van der Waals surface area contributed by atoms with Gasteiger partial charge in [0.2, 0.25) is 0 Å². The molecule has 0 aromatic carbocycles. The Hall–Kier alpha value is -0.570. The Morgan fingerprint density at radius 2 is 1.88 bits per heavy atom. The van der Waals surface area contributed by atoms with Crippen molar-refractivity contribution in [2.45, 2.75) is 63.3 Å². The zero-order chi connectivity index (χ0) is 12.3. The summed E-state index contributed by atoms with van der Waals surface area (Å²) < 4.78 is 0. The van der Waals surface area contributed by atoms with E-state index in [0.717, 1.165) is 25.3 Å². The molecule has 2 fully saturated rings. The highest BCUT2D eigenvalue weighted by atomic mass is 16.4. The van der Waals surface area contributed by atoms with E-state index in [0.29, 0.717) is 6.42 Å². The summed E-state index contributed by atoms with van der Waals surface area (Å²) in [6.07, 6.45) is 10.2. The molecule has 0 spiro atoms. The third kappa shape index (κ3) is 3.01. The highest BCUT2D eigenvalue weighted by Crippen LogP contribution is 2.38. The third-order valence-electron chi connectivity index (χ3n) is 4.83. The maximum absolute atomic E-state index is 11.1. The van der Waals surface area contributed by atoms with Gasteiger partial charge in [-0.05, 0) is 38.6 Å². The lowest BCUT2D eigenvalue weighted by Crippen LogP contribution is -2.51. The van der Waals surface area contributed by atoms with Crippen LogP contribution in [0.15, 0.2) is 0 Å². The van der Waals surface area contributed by atoms with Crippen LogP contribution in [0.2, 0.25) is 0 Å². The van der Waals surface area contributed by atoms with Crippen LogP contribution in [0.4, 0.5) is 0 Å². The number of hydrogen-bond acceptors (Lipinski definition) is 2. The quantitative estimate of drug-likeness (QED) is 0.802. The Balaban J connectivity index is 1.99. The Labute approximate surface area is 104 Å². The number of carbonyl (C=O) groups is 1. The number of carboxylic acid groups (broad SMARTS) is 1. The SMILES string of the molecule is CN(CC1CCC1)C1(CC(=O)O)CCCCC1. The van der Waals surface area contributed by atoms with Gasteiger partial charge in [-0.2, -0.15) is 0 Å². The fourth-order valence-corrected chi connectivity index (χ4v) is 3.44. The topological polar surface area (TPSA) is 40.5 Å². The molecule has 2 saturated carbocycles. The molecule has 0 unspecified atom stereocenters. The standard InChI is InChI=1S/C14H25NO2/c1-15(11-12-6-5-7-12)14(10-13(16)17)8-3-2-4-9-14/h12H,2-11H2,1H3,(H,16,17). The van der Waals surface area contributed by atoms with E-state index in [1.54, 1.807) is 0 Å². The Kier molecular flexibility index (Phi) is 4.08. The van der Waals surface area contributed by atoms with Gasteiger partial charge in [0.15, 0.2) is 0 Å². The first kappa shape index (κ1) is 12.9. The number of carboxylic acids is 1. The van der Waals surface area contributed by atoms with E-state index in [9.17, 15) is 4.79 Å². The smallest absolute Gasteiger partial charge is 0.305 e. The van der Waals surface area contributed by atoms with Crippen LogP contribution in [-0.4, -0.2) is 35.1 Å². The minimum absolute atomic E-state index is 0.0420. The summed E-state index contributed by atoms with van der Waals surface area (Å²) in [7, 11) is 2.15. The largest absolute Gasteiger partial charge is 0.481 e. The van der Waals surface area contributed by atoms with Crippen LogP contribution in [0.3, 0.4) is 0 Å². The number of rotatable bonds is 5. The fraction of sp³-hybridized carbons (Fsp3) is 0.929. The van der Waals surface area contributed by atoms with Crippen LogP contribution in [0.1, 0.15) is 57.8 Å². The van der Waals surface area contributed by atoms with Crippen molar-refractivity contribution in [3.05, 3.63) is 0 Å². The van der Waals surface area contributed by atoms with Crippen molar-refractivity contribution in [3.63, 3.8) is 0 Å². The Morgan fingerprint density at radius 1 is 1.24 bits per heavy atom. The number of hydrogen-bond donors (Lipinski definition) is 1. The first-order valence-electron chi connectivity index (χ1n) is 7.05. The van der Waals surface area contributed by atoms with Crippen LogP contribution in [-0.2, 0) is 4.79 Å². The van der Waals surface area contributed by atoms with E-state index in [-0.39, 0.29) is 5.54 Å². The van der Waals surface area contributed by atoms with Gasteiger partial charge in [0.25, 0.3) is 0 Å². The molecular formula is C14H25NO2. The van der Waals surface area contributed by atoms with Gasteiger partial charge in [-0.25, -0.2) is 0 Å². The average Bonchev–Trinajstić information content (AvgIpc) is 2.23. The van der Waals surface area contributed by atoms with Gasteiger partial charge < -0.3 is 5.11 Å². The van der Waals surface area contributed by atoms with Crippen molar-refractivity contribution < 1.29 is 9.90 Å². The molecular weight excluding hydrogens is 214 g/mol. The fourth-order valence-electron chi connectivity index (χ4n) is 3.44. The molecule has 3 heteroatoms. The summed E-state index contributed by atoms with van der Waals surface area (Å²) in [6.45, 7) is 1.10. The van der Waals surface area contributed by atoms with Gasteiger partial charge in [-0.3, -0.25) is 9.69 Å². The normalized spacial score (nSPS) is 24.6. The maximum atomic E-state index is 11.1. The molecule has 0 atom stereocenters. The number of aliphatic carboxylic acids is 1. The van der Waals surface area contributed by atoms with Crippen molar-refractivity contribution in [1.29, 1.82) is 0 Å². The molecule has 2 rings (SSSR count). The predicted octanol–water partition coefficient (Wildman–Crippen LogP) is 2.90. The molecule has 3 nitrogen and oxygen atoms in total. The van der Waals surface area contributed by atoms with E-state index >= 15 is 0 Å². The first-order chi connectivity index (χ1) is 8.12. The summed E-state index contributed by atoms with van der Waals surface area (Å²) >= 11 is 0. The lowest BCUT2D eigenvalue weighted by atomic mass is 9.76. The first-order valence-corrected chi connectivity index (χ1v) is 7.05. The molecule has 98 valence electrons. The van der Waals surface area contributed by atoms with Crippen molar-refractivity contribution in [2.75, 3.05) is 13.6 Å². The van der Waals surface area contributed by atoms with Crippen molar-refractivity contribution in [3.8, 4) is 0 Å². The van der Waals surface area contributed by atoms with Crippen molar-refractivity contribution in [1.82, 2.24) is 4.90 Å². The summed E-state index contributed by atoms with van der Waals surface area (Å²) in [4.78, 5) is 13.5. The predicted molar refractivity (Wildman–Crippen MR) is 68.0 cm³/mol. The van der Waals surface area contributed by atoms with Gasteiger partial charge in [-0.15, -0.1) is 0 Å². The highest BCUT2D eigenvalue weighted by molar-refractivity contribution is 5.68. The van der Waals surface area contributed by atoms with Gasteiger partial charge in [-0.1, -0.05) is 25.7 Å². The van der Waals surface area contributed by atoms with Crippen LogP contribution in [0, 0.1) is 5.92 Å². The van der Waals surface area contributed by atoms with E-state index in [1.807, 2.05) is 0 Å². The molecule has 0 bridgehead atoms. The Morgan fingerprint density at radius 3 is 2.35 bits per heavy atom. The lowest BCUT2D eigenvalue weighted by molar-refractivity contribution is -0.141. The monoisotopic (exact) mass is 239 g/mol. The molecule has 1 N–H and O–H groups in total. The average molecular weight is 239 g/mol. The third-order valence-corrected chi connectivity index (χ3v) is 4.83. The molecule has 0 aliphatic heterocycles. The molecule has 0 aromatic rings. The molecule has 2 aliphatic carbocycles. The van der Waals surface area contributed by atoms with Gasteiger partial charge in [0.05, 0.1) is 6.42 Å². The molecule has 0 heterocycles. The number of nitrogens with zero attached hydrogens (tertiary/aromatic N) is 1. The van der Waals surface area contributed by atoms with Crippen molar-refractivity contribution in [2.24, 2.45) is 5.92 Å². The highest BCUT2D eigenvalue weighted by Gasteiger charge is 2.39. The molecule has 0 radical (unpaired) electrons. The van der Waals surface area contributed by atoms with E-state index in [2.05, 4.69) is 11.9 Å². The molecule has 2 aliphatic rings. The Bertz CT molecular complexity index is 267. The lowest BCUT2D eigenvalue weighted by Gasteiger charge is -2.46. The molecule has 0 amide bonds. The second-order valence-electron chi connectivity index (χ2n) is 6.03. The minimum atomic E-state index is -0.632. The molecule has 0 saturated heterocycles. The molecule has 0 aromatic heterocycles.